The molecule has 0 aliphatic heterocycles. The molecule has 1 amide bonds. The van der Waals surface area contributed by atoms with Crippen LogP contribution in [0.4, 0.5) is 5.69 Å². The van der Waals surface area contributed by atoms with Gasteiger partial charge >= 0.3 is 0 Å². The summed E-state index contributed by atoms with van der Waals surface area (Å²) in [6.07, 6.45) is 7.28. The van der Waals surface area contributed by atoms with Gasteiger partial charge in [-0.15, -0.1) is 0 Å². The second-order valence-electron chi connectivity index (χ2n) is 10.3. The van der Waals surface area contributed by atoms with Crippen molar-refractivity contribution in [3.8, 4) is 0 Å². The van der Waals surface area contributed by atoms with E-state index < -0.39 is 0 Å². The SMILES string of the molecule is CC(=O)Nc1cc(CN(Cc2ccccn2)Cc2ccccn2)cc(CN(Cc2ccccn2)Cc2ccccn2)c1. The van der Waals surface area contributed by atoms with Crippen molar-refractivity contribution in [1.29, 1.82) is 0 Å². The van der Waals surface area contributed by atoms with Crippen molar-refractivity contribution in [1.82, 2.24) is 29.7 Å². The van der Waals surface area contributed by atoms with Gasteiger partial charge in [0, 0.05) is 76.7 Å². The van der Waals surface area contributed by atoms with E-state index in [0.717, 1.165) is 39.6 Å². The van der Waals surface area contributed by atoms with Gasteiger partial charge in [0.15, 0.2) is 0 Å². The van der Waals surface area contributed by atoms with Crippen molar-refractivity contribution in [2.24, 2.45) is 0 Å². The Morgan fingerprint density at radius 3 is 1.19 bits per heavy atom. The van der Waals surface area contributed by atoms with Crippen LogP contribution < -0.4 is 5.32 Å². The van der Waals surface area contributed by atoms with Crippen LogP contribution in [0.5, 0.6) is 0 Å². The van der Waals surface area contributed by atoms with Gasteiger partial charge in [-0.25, -0.2) is 0 Å². The van der Waals surface area contributed by atoms with E-state index in [-0.39, 0.29) is 5.91 Å². The molecule has 0 fully saturated rings. The van der Waals surface area contributed by atoms with Crippen LogP contribution in [-0.2, 0) is 44.1 Å². The minimum Gasteiger partial charge on any atom is -0.326 e. The molecule has 0 aliphatic carbocycles. The number of nitrogens with one attached hydrogen (secondary N) is 1. The number of anilines is 1. The fourth-order valence-corrected chi connectivity index (χ4v) is 4.96. The first-order chi connectivity index (χ1) is 20.6. The number of pyridine rings is 4. The van der Waals surface area contributed by atoms with Gasteiger partial charge in [0.25, 0.3) is 0 Å². The highest BCUT2D eigenvalue weighted by Gasteiger charge is 2.15. The molecule has 5 aromatic rings. The number of carbonyl (C=O) groups is 1. The van der Waals surface area contributed by atoms with E-state index in [2.05, 4.69) is 53.3 Å². The molecule has 0 spiro atoms. The fourth-order valence-electron chi connectivity index (χ4n) is 4.96. The van der Waals surface area contributed by atoms with Crippen LogP contribution in [0.25, 0.3) is 0 Å². The number of carbonyl (C=O) groups excluding carboxylic acids is 1. The van der Waals surface area contributed by atoms with E-state index in [9.17, 15) is 4.79 Å². The Balaban J connectivity index is 1.42. The van der Waals surface area contributed by atoms with Crippen LogP contribution in [-0.4, -0.2) is 35.6 Å². The van der Waals surface area contributed by atoms with Crippen molar-refractivity contribution in [3.05, 3.63) is 150 Å². The lowest BCUT2D eigenvalue weighted by molar-refractivity contribution is -0.114. The minimum atomic E-state index is -0.101. The summed E-state index contributed by atoms with van der Waals surface area (Å²) in [6, 6.07) is 30.2. The zero-order chi connectivity index (χ0) is 29.0. The predicted molar refractivity (Wildman–Crippen MR) is 164 cm³/mol. The summed E-state index contributed by atoms with van der Waals surface area (Å²) in [7, 11) is 0. The van der Waals surface area contributed by atoms with Crippen molar-refractivity contribution < 1.29 is 4.79 Å². The first-order valence-electron chi connectivity index (χ1n) is 14.0. The number of aromatic nitrogens is 4. The van der Waals surface area contributed by atoms with Crippen LogP contribution >= 0.6 is 0 Å². The highest BCUT2D eigenvalue weighted by molar-refractivity contribution is 5.88. The molecule has 1 N–H and O–H groups in total. The molecule has 1 aromatic carbocycles. The lowest BCUT2D eigenvalue weighted by atomic mass is 10.1. The van der Waals surface area contributed by atoms with Crippen molar-refractivity contribution in [2.75, 3.05) is 5.32 Å². The molecule has 8 nitrogen and oxygen atoms in total. The van der Waals surface area contributed by atoms with Crippen LogP contribution in [0.1, 0.15) is 40.8 Å². The average molecular weight is 558 g/mol. The number of benzene rings is 1. The molecule has 212 valence electrons. The Labute approximate surface area is 247 Å². The smallest absolute Gasteiger partial charge is 0.221 e. The number of rotatable bonds is 13. The second kappa shape index (κ2) is 14.7. The third kappa shape index (κ3) is 9.12. The molecule has 0 aliphatic rings. The molecule has 0 unspecified atom stereocenters. The zero-order valence-corrected chi connectivity index (χ0v) is 23.8. The van der Waals surface area contributed by atoms with Crippen molar-refractivity contribution in [3.63, 3.8) is 0 Å². The molecule has 42 heavy (non-hydrogen) atoms. The third-order valence-corrected chi connectivity index (χ3v) is 6.63. The van der Waals surface area contributed by atoms with Crippen LogP contribution in [0.2, 0.25) is 0 Å². The molecule has 4 heterocycles. The van der Waals surface area contributed by atoms with E-state index in [1.54, 1.807) is 0 Å². The second-order valence-corrected chi connectivity index (χ2v) is 10.3. The Hall–Kier alpha value is -4.79. The van der Waals surface area contributed by atoms with Crippen molar-refractivity contribution >= 4 is 11.6 Å². The molecule has 0 bridgehead atoms. The maximum absolute atomic E-state index is 12.1. The van der Waals surface area contributed by atoms with Gasteiger partial charge in [-0.2, -0.15) is 0 Å². The van der Waals surface area contributed by atoms with E-state index in [4.69, 9.17) is 0 Å². The molecule has 0 atom stereocenters. The summed E-state index contributed by atoms with van der Waals surface area (Å²) in [5.74, 6) is -0.101. The summed E-state index contributed by atoms with van der Waals surface area (Å²) in [5.41, 5.74) is 6.93. The molecule has 0 saturated heterocycles. The molecular formula is C34H35N7O. The maximum Gasteiger partial charge on any atom is 0.221 e. The summed E-state index contributed by atoms with van der Waals surface area (Å²) in [4.78, 5) is 35.0. The fraction of sp³-hybridized carbons (Fsp3) is 0.206. The van der Waals surface area contributed by atoms with Gasteiger partial charge in [0.1, 0.15) is 0 Å². The monoisotopic (exact) mass is 557 g/mol. The number of nitrogens with zero attached hydrogens (tertiary/aromatic N) is 6. The quantitative estimate of drug-likeness (QED) is 0.201. The Morgan fingerprint density at radius 1 is 0.548 bits per heavy atom. The first kappa shape index (κ1) is 28.7. The predicted octanol–water partition coefficient (Wildman–Crippen LogP) is 5.63. The molecule has 8 heteroatoms. The van der Waals surface area contributed by atoms with Gasteiger partial charge in [-0.05, 0) is 71.8 Å². The Morgan fingerprint density at radius 2 is 0.905 bits per heavy atom. The third-order valence-electron chi connectivity index (χ3n) is 6.63. The number of amides is 1. The van der Waals surface area contributed by atoms with Crippen LogP contribution in [0.3, 0.4) is 0 Å². The summed E-state index contributed by atoms with van der Waals surface area (Å²) in [6.45, 7) is 5.54. The molecule has 0 saturated carbocycles. The zero-order valence-electron chi connectivity index (χ0n) is 23.8. The molecule has 0 radical (unpaired) electrons. The Kier molecular flexibility index (Phi) is 10.1. The lowest BCUT2D eigenvalue weighted by Gasteiger charge is -2.25. The number of hydrogen-bond donors (Lipinski definition) is 1. The molecular weight excluding hydrogens is 522 g/mol. The van der Waals surface area contributed by atoms with E-state index in [1.165, 1.54) is 6.92 Å². The maximum atomic E-state index is 12.1. The molecule has 5 rings (SSSR count). The van der Waals surface area contributed by atoms with Gasteiger partial charge in [-0.1, -0.05) is 30.3 Å². The van der Waals surface area contributed by atoms with Crippen molar-refractivity contribution in [2.45, 2.75) is 46.2 Å². The van der Waals surface area contributed by atoms with Gasteiger partial charge in [-0.3, -0.25) is 34.5 Å². The van der Waals surface area contributed by atoms with Gasteiger partial charge in [0.05, 0.1) is 22.8 Å². The summed E-state index contributed by atoms with van der Waals surface area (Å²) >= 11 is 0. The highest BCUT2D eigenvalue weighted by Crippen LogP contribution is 2.22. The molecule has 4 aromatic heterocycles. The standard InChI is InChI=1S/C34H35N7O/c1-27(42)39-34-19-28(21-40(23-30-10-2-6-14-35-30)24-31-11-3-7-15-36-31)18-29(20-34)22-41(25-32-12-4-8-16-37-32)26-33-13-5-9-17-38-33/h2-20H,21-26H2,1H3,(H,39,42). The largest absolute Gasteiger partial charge is 0.326 e. The minimum absolute atomic E-state index is 0.101. The normalized spacial score (nSPS) is 11.1. The Bertz CT molecular complexity index is 1340. The summed E-state index contributed by atoms with van der Waals surface area (Å²) < 4.78 is 0. The van der Waals surface area contributed by atoms with Crippen LogP contribution in [0.15, 0.2) is 116 Å². The topological polar surface area (TPSA) is 87.1 Å². The highest BCUT2D eigenvalue weighted by atomic mass is 16.1. The average Bonchev–Trinajstić information content (AvgIpc) is 2.99. The van der Waals surface area contributed by atoms with E-state index in [1.807, 2.05) is 97.6 Å². The van der Waals surface area contributed by atoms with Gasteiger partial charge < -0.3 is 5.32 Å². The van der Waals surface area contributed by atoms with E-state index in [0.29, 0.717) is 39.3 Å². The number of hydrogen-bond acceptors (Lipinski definition) is 7. The summed E-state index contributed by atoms with van der Waals surface area (Å²) in [5, 5.41) is 3.01. The van der Waals surface area contributed by atoms with Gasteiger partial charge in [0.2, 0.25) is 5.91 Å². The van der Waals surface area contributed by atoms with Crippen LogP contribution in [0, 0.1) is 0 Å². The first-order valence-corrected chi connectivity index (χ1v) is 14.0. The lowest BCUT2D eigenvalue weighted by Crippen LogP contribution is -2.25. The van der Waals surface area contributed by atoms with E-state index >= 15 is 0 Å².